The highest BCUT2D eigenvalue weighted by Gasteiger charge is 2.19. The molecule has 0 saturated heterocycles. The molecule has 1 aromatic heterocycles. The minimum Gasteiger partial charge on any atom is -0.363 e. The zero-order valence-corrected chi connectivity index (χ0v) is 10.8. The predicted molar refractivity (Wildman–Crippen MR) is 75.0 cm³/mol. The number of hydrogen-bond donors (Lipinski definition) is 1. The molecule has 3 rings (SSSR count). The van der Waals surface area contributed by atoms with Gasteiger partial charge in [-0.15, -0.1) is 0 Å². The first-order valence-corrected chi connectivity index (χ1v) is 6.67. The maximum absolute atomic E-state index is 5.91. The summed E-state index contributed by atoms with van der Waals surface area (Å²) >= 11 is 5.91. The van der Waals surface area contributed by atoms with Gasteiger partial charge >= 0.3 is 0 Å². The molecule has 0 spiro atoms. The highest BCUT2D eigenvalue weighted by atomic mass is 35.5. The number of hydrogen-bond acceptors (Lipinski definition) is 2. The molecule has 2 aromatic rings. The van der Waals surface area contributed by atoms with Crippen molar-refractivity contribution in [3.05, 3.63) is 58.7 Å². The summed E-state index contributed by atoms with van der Waals surface area (Å²) in [7, 11) is 0. The fraction of sp³-hybridized carbons (Fsp3) is 0.267. The van der Waals surface area contributed by atoms with Crippen molar-refractivity contribution in [3.8, 4) is 0 Å². The third-order valence-corrected chi connectivity index (χ3v) is 3.62. The molecule has 1 N–H and O–H groups in total. The van der Waals surface area contributed by atoms with Crippen LogP contribution in [0.25, 0.3) is 0 Å². The molecule has 18 heavy (non-hydrogen) atoms. The van der Waals surface area contributed by atoms with Gasteiger partial charge in [-0.1, -0.05) is 41.9 Å². The van der Waals surface area contributed by atoms with E-state index in [2.05, 4.69) is 34.6 Å². The van der Waals surface area contributed by atoms with Gasteiger partial charge in [-0.2, -0.15) is 0 Å². The van der Waals surface area contributed by atoms with Crippen molar-refractivity contribution in [2.45, 2.75) is 25.3 Å². The molecule has 1 unspecified atom stereocenters. The predicted octanol–water partition coefficient (Wildman–Crippen LogP) is 4.22. The lowest BCUT2D eigenvalue weighted by Crippen LogP contribution is -2.17. The SMILES string of the molecule is Clc1cccc(NC2CCCc3ccccc32)n1. The lowest BCUT2D eigenvalue weighted by atomic mass is 9.88. The van der Waals surface area contributed by atoms with Crippen LogP contribution in [0.2, 0.25) is 5.15 Å². The van der Waals surface area contributed by atoms with Crippen molar-refractivity contribution >= 4 is 17.4 Å². The van der Waals surface area contributed by atoms with E-state index in [1.165, 1.54) is 24.0 Å². The van der Waals surface area contributed by atoms with Crippen LogP contribution in [-0.2, 0) is 6.42 Å². The Kier molecular flexibility index (Phi) is 3.20. The first kappa shape index (κ1) is 11.5. The highest BCUT2D eigenvalue weighted by Crippen LogP contribution is 2.31. The summed E-state index contributed by atoms with van der Waals surface area (Å²) in [5.41, 5.74) is 2.84. The molecule has 92 valence electrons. The van der Waals surface area contributed by atoms with Gasteiger partial charge in [-0.3, -0.25) is 0 Å². The van der Waals surface area contributed by atoms with Crippen LogP contribution in [0.1, 0.15) is 30.0 Å². The van der Waals surface area contributed by atoms with E-state index in [0.717, 1.165) is 12.2 Å². The smallest absolute Gasteiger partial charge is 0.131 e. The molecule has 3 heteroatoms. The van der Waals surface area contributed by atoms with Crippen molar-refractivity contribution in [3.63, 3.8) is 0 Å². The fourth-order valence-electron chi connectivity index (χ4n) is 2.57. The molecule has 2 nitrogen and oxygen atoms in total. The minimum absolute atomic E-state index is 0.348. The average molecular weight is 259 g/mol. The maximum atomic E-state index is 5.91. The summed E-state index contributed by atoms with van der Waals surface area (Å²) in [6.07, 6.45) is 3.54. The lowest BCUT2D eigenvalue weighted by Gasteiger charge is -2.26. The van der Waals surface area contributed by atoms with Crippen molar-refractivity contribution < 1.29 is 0 Å². The highest BCUT2D eigenvalue weighted by molar-refractivity contribution is 6.29. The Hall–Kier alpha value is -1.54. The van der Waals surface area contributed by atoms with Gasteiger partial charge in [0.2, 0.25) is 0 Å². The van der Waals surface area contributed by atoms with Crippen LogP contribution in [0.3, 0.4) is 0 Å². The quantitative estimate of drug-likeness (QED) is 0.816. The van der Waals surface area contributed by atoms with Gasteiger partial charge in [0.05, 0.1) is 6.04 Å². The average Bonchev–Trinajstić information content (AvgIpc) is 2.39. The number of benzene rings is 1. The molecule has 0 saturated carbocycles. The van der Waals surface area contributed by atoms with Crippen LogP contribution in [0.4, 0.5) is 5.82 Å². The maximum Gasteiger partial charge on any atom is 0.131 e. The second-order valence-electron chi connectivity index (χ2n) is 4.63. The summed E-state index contributed by atoms with van der Waals surface area (Å²) < 4.78 is 0. The Morgan fingerprint density at radius 2 is 2.00 bits per heavy atom. The number of halogens is 1. The molecule has 1 aliphatic rings. The van der Waals surface area contributed by atoms with E-state index in [1.54, 1.807) is 6.07 Å². The topological polar surface area (TPSA) is 24.9 Å². The Balaban J connectivity index is 1.86. The number of rotatable bonds is 2. The molecule has 0 radical (unpaired) electrons. The Labute approximate surface area is 112 Å². The van der Waals surface area contributed by atoms with Crippen molar-refractivity contribution in [2.24, 2.45) is 0 Å². The van der Waals surface area contributed by atoms with E-state index in [0.29, 0.717) is 11.2 Å². The second kappa shape index (κ2) is 4.99. The van der Waals surface area contributed by atoms with Gasteiger partial charge in [-0.05, 0) is 42.5 Å². The van der Waals surface area contributed by atoms with Crippen LogP contribution >= 0.6 is 11.6 Å². The van der Waals surface area contributed by atoms with Gasteiger partial charge in [-0.25, -0.2) is 4.98 Å². The van der Waals surface area contributed by atoms with Crippen LogP contribution in [0.5, 0.6) is 0 Å². The number of pyridine rings is 1. The van der Waals surface area contributed by atoms with Gasteiger partial charge < -0.3 is 5.32 Å². The monoisotopic (exact) mass is 258 g/mol. The van der Waals surface area contributed by atoms with E-state index in [1.807, 2.05) is 12.1 Å². The summed E-state index contributed by atoms with van der Waals surface area (Å²) in [5.74, 6) is 0.851. The molecule has 1 heterocycles. The number of aromatic nitrogens is 1. The zero-order valence-electron chi connectivity index (χ0n) is 10.1. The third kappa shape index (κ3) is 2.34. The lowest BCUT2D eigenvalue weighted by molar-refractivity contribution is 0.598. The largest absolute Gasteiger partial charge is 0.363 e. The summed E-state index contributed by atoms with van der Waals surface area (Å²) in [6.45, 7) is 0. The van der Waals surface area contributed by atoms with Crippen molar-refractivity contribution in [1.82, 2.24) is 4.98 Å². The van der Waals surface area contributed by atoms with Crippen LogP contribution in [0, 0.1) is 0 Å². The minimum atomic E-state index is 0.348. The molecule has 0 bridgehead atoms. The Morgan fingerprint density at radius 3 is 2.89 bits per heavy atom. The Bertz CT molecular complexity index is 554. The van der Waals surface area contributed by atoms with Gasteiger partial charge in [0.15, 0.2) is 0 Å². The number of nitrogens with zero attached hydrogens (tertiary/aromatic N) is 1. The molecular weight excluding hydrogens is 244 g/mol. The van der Waals surface area contributed by atoms with Gasteiger partial charge in [0.25, 0.3) is 0 Å². The molecule has 0 fully saturated rings. The van der Waals surface area contributed by atoms with E-state index >= 15 is 0 Å². The molecule has 0 aliphatic heterocycles. The van der Waals surface area contributed by atoms with Gasteiger partial charge in [0, 0.05) is 0 Å². The van der Waals surface area contributed by atoms with Gasteiger partial charge in [0.1, 0.15) is 11.0 Å². The number of nitrogens with one attached hydrogen (secondary N) is 1. The summed E-state index contributed by atoms with van der Waals surface area (Å²) in [4.78, 5) is 4.29. The standard InChI is InChI=1S/C15H15ClN2/c16-14-9-4-10-15(18-14)17-13-8-3-6-11-5-1-2-7-12(11)13/h1-2,4-5,7,9-10,13H,3,6,8H2,(H,17,18). The van der Waals surface area contributed by atoms with Crippen molar-refractivity contribution in [1.29, 1.82) is 0 Å². The normalized spacial score (nSPS) is 18.2. The Morgan fingerprint density at radius 1 is 1.11 bits per heavy atom. The van der Waals surface area contributed by atoms with E-state index in [9.17, 15) is 0 Å². The number of anilines is 1. The van der Waals surface area contributed by atoms with E-state index in [-0.39, 0.29) is 0 Å². The molecule has 0 amide bonds. The second-order valence-corrected chi connectivity index (χ2v) is 5.02. The molecular formula is C15H15ClN2. The summed E-state index contributed by atoms with van der Waals surface area (Å²) in [6, 6.07) is 14.7. The van der Waals surface area contributed by atoms with E-state index < -0.39 is 0 Å². The first-order valence-electron chi connectivity index (χ1n) is 6.30. The third-order valence-electron chi connectivity index (χ3n) is 3.41. The first-order chi connectivity index (χ1) is 8.83. The fourth-order valence-corrected chi connectivity index (χ4v) is 2.73. The van der Waals surface area contributed by atoms with E-state index in [4.69, 9.17) is 11.6 Å². The molecule has 1 aromatic carbocycles. The van der Waals surface area contributed by atoms with Crippen LogP contribution in [-0.4, -0.2) is 4.98 Å². The van der Waals surface area contributed by atoms with Crippen LogP contribution in [0.15, 0.2) is 42.5 Å². The number of fused-ring (bicyclic) bond motifs is 1. The number of aryl methyl sites for hydroxylation is 1. The van der Waals surface area contributed by atoms with Crippen molar-refractivity contribution in [2.75, 3.05) is 5.32 Å². The zero-order chi connectivity index (χ0) is 12.4. The molecule has 1 atom stereocenters. The molecule has 1 aliphatic carbocycles. The summed E-state index contributed by atoms with van der Waals surface area (Å²) in [5, 5.41) is 4.01. The van der Waals surface area contributed by atoms with Crippen LogP contribution < -0.4 is 5.32 Å².